The maximum atomic E-state index is 10.9. The van der Waals surface area contributed by atoms with Gasteiger partial charge in [0, 0.05) is 16.1 Å². The fourth-order valence-corrected chi connectivity index (χ4v) is 6.14. The second-order valence-corrected chi connectivity index (χ2v) is 9.54. The summed E-state index contributed by atoms with van der Waals surface area (Å²) in [5.74, 6) is 0.121. The van der Waals surface area contributed by atoms with Gasteiger partial charge in [0.05, 0.1) is 15.7 Å². The molecule has 1 atom stereocenters. The Hall–Kier alpha value is -0.600. The first-order chi connectivity index (χ1) is 11.5. The third kappa shape index (κ3) is 3.96. The average Bonchev–Trinajstić information content (AvgIpc) is 2.89. The van der Waals surface area contributed by atoms with Crippen molar-refractivity contribution in [2.75, 3.05) is 0 Å². The van der Waals surface area contributed by atoms with Crippen LogP contribution in [0.1, 0.15) is 5.56 Å². The lowest BCUT2D eigenvalue weighted by atomic mass is 10.0. The van der Waals surface area contributed by atoms with E-state index in [4.69, 9.17) is 40.0 Å². The molecule has 3 aromatic rings. The molecule has 1 N–H and O–H groups in total. The molecule has 3 rings (SSSR count). The summed E-state index contributed by atoms with van der Waals surface area (Å²) < 4.78 is 20.7. The van der Waals surface area contributed by atoms with Crippen molar-refractivity contribution in [3.8, 4) is 21.6 Å². The Morgan fingerprint density at radius 2 is 1.79 bits per heavy atom. The Morgan fingerprint density at radius 1 is 1.08 bits per heavy atom. The van der Waals surface area contributed by atoms with Gasteiger partial charge in [0.1, 0.15) is 3.82 Å². The second-order valence-electron chi connectivity index (χ2n) is 4.95. The van der Waals surface area contributed by atoms with Crippen molar-refractivity contribution in [3.63, 3.8) is 0 Å². The van der Waals surface area contributed by atoms with Gasteiger partial charge in [0.15, 0.2) is 11.1 Å². The zero-order chi connectivity index (χ0) is 17.3. The summed E-state index contributed by atoms with van der Waals surface area (Å²) in [4.78, 5) is 1.03. The number of benzene rings is 2. The van der Waals surface area contributed by atoms with Gasteiger partial charge in [-0.2, -0.15) is 0 Å². The van der Waals surface area contributed by atoms with E-state index in [0.717, 1.165) is 31.0 Å². The quantitative estimate of drug-likeness (QED) is 0.276. The molecule has 1 aromatic heterocycles. The lowest BCUT2D eigenvalue weighted by molar-refractivity contribution is 0.563. The van der Waals surface area contributed by atoms with Gasteiger partial charge >= 0.3 is 0 Å². The van der Waals surface area contributed by atoms with Crippen LogP contribution in [0.4, 0.5) is 0 Å². The van der Waals surface area contributed by atoms with E-state index in [-0.39, 0.29) is 5.75 Å². The molecule has 2 nitrogen and oxygen atoms in total. The van der Waals surface area contributed by atoms with Crippen molar-refractivity contribution in [1.82, 2.24) is 0 Å². The molecule has 1 heterocycles. The van der Waals surface area contributed by atoms with Crippen LogP contribution in [0.15, 0.2) is 42.5 Å². The Balaban J connectivity index is 2.07. The van der Waals surface area contributed by atoms with Crippen molar-refractivity contribution in [3.05, 3.63) is 61.9 Å². The fourth-order valence-electron chi connectivity index (χ4n) is 2.27. The van der Waals surface area contributed by atoms with Gasteiger partial charge in [-0.25, -0.2) is 4.21 Å². The molecule has 0 aliphatic rings. The normalized spacial score (nSPS) is 12.3. The largest absolute Gasteiger partial charge is 0.306 e. The van der Waals surface area contributed by atoms with E-state index in [1.54, 1.807) is 22.5 Å². The molecule has 0 spiro atoms. The molecule has 8 heteroatoms. The van der Waals surface area contributed by atoms with Crippen LogP contribution in [-0.4, -0.2) is 8.76 Å². The fraction of sp³-hybridized carbons (Fsp3) is 0.0625. The van der Waals surface area contributed by atoms with Crippen LogP contribution in [0.2, 0.25) is 10.0 Å². The average molecular weight is 433 g/mol. The smallest absolute Gasteiger partial charge is 0.157 e. The van der Waals surface area contributed by atoms with Crippen LogP contribution in [0, 0.1) is 3.82 Å². The van der Waals surface area contributed by atoms with Gasteiger partial charge in [0.25, 0.3) is 0 Å². The monoisotopic (exact) mass is 432 g/mol. The Bertz CT molecular complexity index is 961. The molecule has 24 heavy (non-hydrogen) atoms. The molecule has 1 unspecified atom stereocenters. The molecule has 0 aliphatic heterocycles. The summed E-state index contributed by atoms with van der Waals surface area (Å²) in [5.41, 5.74) is 3.60. The topological polar surface area (TPSA) is 37.3 Å². The summed E-state index contributed by atoms with van der Waals surface area (Å²) in [6, 6.07) is 12.9. The van der Waals surface area contributed by atoms with Gasteiger partial charge in [-0.1, -0.05) is 86.4 Å². The maximum Gasteiger partial charge on any atom is 0.157 e. The minimum absolute atomic E-state index is 0.121. The number of halogens is 2. The third-order valence-electron chi connectivity index (χ3n) is 3.34. The van der Waals surface area contributed by atoms with E-state index < -0.39 is 11.1 Å². The molecule has 0 saturated heterocycles. The highest BCUT2D eigenvalue weighted by Crippen LogP contribution is 2.43. The van der Waals surface area contributed by atoms with E-state index in [9.17, 15) is 4.21 Å². The summed E-state index contributed by atoms with van der Waals surface area (Å²) in [5, 5.41) is 1.14. The molecule has 2 aromatic carbocycles. The highest BCUT2D eigenvalue weighted by atomic mass is 35.5. The van der Waals surface area contributed by atoms with Crippen molar-refractivity contribution in [2.24, 2.45) is 0 Å². The molecular weight excluding hydrogens is 423 g/mol. The summed E-state index contributed by atoms with van der Waals surface area (Å²) in [7, 11) is 3.12. The van der Waals surface area contributed by atoms with Crippen molar-refractivity contribution in [2.45, 2.75) is 5.75 Å². The third-order valence-corrected chi connectivity index (χ3v) is 7.53. The highest BCUT2D eigenvalue weighted by Gasteiger charge is 2.16. The van der Waals surface area contributed by atoms with Crippen LogP contribution in [-0.2, 0) is 16.8 Å². The van der Waals surface area contributed by atoms with Crippen LogP contribution in [0.25, 0.3) is 21.6 Å². The van der Waals surface area contributed by atoms with Crippen molar-refractivity contribution in [1.29, 1.82) is 0 Å². The predicted molar refractivity (Wildman–Crippen MR) is 108 cm³/mol. The Kier molecular flexibility index (Phi) is 5.87. The van der Waals surface area contributed by atoms with Gasteiger partial charge in [-0.3, -0.25) is 0 Å². The SMILES string of the molecule is O=S(O)Cc1ccc(-c2ssc(=S)c2-c2ccc(Cl)cc2Cl)cc1. The van der Waals surface area contributed by atoms with E-state index in [0.29, 0.717) is 10.0 Å². The molecule has 0 amide bonds. The number of rotatable bonds is 4. The molecule has 0 fully saturated rings. The molecule has 0 radical (unpaired) electrons. The lowest BCUT2D eigenvalue weighted by Crippen LogP contribution is -1.92. The van der Waals surface area contributed by atoms with Crippen LogP contribution in [0.5, 0.6) is 0 Å². The minimum atomic E-state index is -1.84. The van der Waals surface area contributed by atoms with E-state index >= 15 is 0 Å². The summed E-state index contributed by atoms with van der Waals surface area (Å²) in [6.45, 7) is 0. The molecule has 124 valence electrons. The van der Waals surface area contributed by atoms with Crippen LogP contribution >= 0.6 is 56.1 Å². The lowest BCUT2D eigenvalue weighted by Gasteiger charge is -2.07. The van der Waals surface area contributed by atoms with E-state index in [1.807, 2.05) is 30.3 Å². The van der Waals surface area contributed by atoms with E-state index in [2.05, 4.69) is 0 Å². The molecule has 0 aliphatic carbocycles. The molecule has 0 saturated carbocycles. The van der Waals surface area contributed by atoms with Gasteiger partial charge in [0.2, 0.25) is 0 Å². The van der Waals surface area contributed by atoms with Gasteiger partial charge < -0.3 is 4.55 Å². The van der Waals surface area contributed by atoms with Crippen LogP contribution in [0.3, 0.4) is 0 Å². The molecular formula is C16H10Cl2O2S4. The zero-order valence-electron chi connectivity index (χ0n) is 12.0. The first-order valence-corrected chi connectivity index (χ1v) is 11.3. The Morgan fingerprint density at radius 3 is 2.42 bits per heavy atom. The zero-order valence-corrected chi connectivity index (χ0v) is 16.8. The second kappa shape index (κ2) is 7.74. The molecule has 0 bridgehead atoms. The summed E-state index contributed by atoms with van der Waals surface area (Å²) >= 11 is 16.0. The number of hydrogen-bond donors (Lipinski definition) is 1. The van der Waals surface area contributed by atoms with Crippen LogP contribution < -0.4 is 0 Å². The summed E-state index contributed by atoms with van der Waals surface area (Å²) in [6.07, 6.45) is 0. The predicted octanol–water partition coefficient (Wildman–Crippen LogP) is 6.90. The maximum absolute atomic E-state index is 10.9. The van der Waals surface area contributed by atoms with Gasteiger partial charge in [-0.05, 0) is 23.3 Å². The first-order valence-electron chi connectivity index (χ1n) is 6.71. The standard InChI is InChI=1S/C16H10Cl2O2S4/c17-11-5-6-12(13(18)7-11)14-15(22-23-16(14)21)10-3-1-9(2-4-10)8-24(19)20/h1-7H,8H2,(H,19,20). The first kappa shape index (κ1) is 18.2. The van der Waals surface area contributed by atoms with Crippen molar-refractivity contribution >= 4 is 67.2 Å². The highest BCUT2D eigenvalue weighted by molar-refractivity contribution is 7.80. The Labute approximate surface area is 164 Å². The van der Waals surface area contributed by atoms with Gasteiger partial charge in [-0.15, -0.1) is 0 Å². The van der Waals surface area contributed by atoms with Crippen molar-refractivity contribution < 1.29 is 8.76 Å². The minimum Gasteiger partial charge on any atom is -0.306 e. The van der Waals surface area contributed by atoms with E-state index in [1.165, 1.54) is 10.3 Å². The number of hydrogen-bond acceptors (Lipinski definition) is 4.